The normalized spacial score (nSPS) is 10.3. The average molecular weight is 315 g/mol. The SMILES string of the molecule is O=C(O)c1cc([N+](=O)[O-])ccc1Sc1n[nH]c(=S)s1. The number of aromatic amines is 1. The fourth-order valence-corrected chi connectivity index (χ4v) is 3.38. The van der Waals surface area contributed by atoms with Gasteiger partial charge in [0.25, 0.3) is 5.69 Å². The molecule has 0 radical (unpaired) electrons. The lowest BCUT2D eigenvalue weighted by Gasteiger charge is -2.02. The van der Waals surface area contributed by atoms with Gasteiger partial charge in [-0.3, -0.25) is 15.2 Å². The molecule has 1 aromatic carbocycles. The zero-order valence-electron chi connectivity index (χ0n) is 9.02. The Morgan fingerprint density at radius 1 is 1.58 bits per heavy atom. The second kappa shape index (κ2) is 5.47. The first-order chi connectivity index (χ1) is 8.97. The molecule has 7 nitrogen and oxygen atoms in total. The Labute approximate surface area is 119 Å². The van der Waals surface area contributed by atoms with E-state index in [-0.39, 0.29) is 11.3 Å². The smallest absolute Gasteiger partial charge is 0.337 e. The van der Waals surface area contributed by atoms with Crippen LogP contribution in [0.25, 0.3) is 0 Å². The maximum Gasteiger partial charge on any atom is 0.337 e. The lowest BCUT2D eigenvalue weighted by molar-refractivity contribution is -0.384. The van der Waals surface area contributed by atoms with Gasteiger partial charge in [0.05, 0.1) is 10.5 Å². The van der Waals surface area contributed by atoms with Crippen LogP contribution in [0.15, 0.2) is 27.4 Å². The van der Waals surface area contributed by atoms with Crippen LogP contribution in [0.2, 0.25) is 0 Å². The van der Waals surface area contributed by atoms with Gasteiger partial charge in [0.15, 0.2) is 8.29 Å². The van der Waals surface area contributed by atoms with Crippen LogP contribution in [0, 0.1) is 14.1 Å². The number of nitrogens with one attached hydrogen (secondary N) is 1. The molecule has 0 unspecified atom stereocenters. The van der Waals surface area contributed by atoms with Gasteiger partial charge in [0, 0.05) is 17.0 Å². The number of carboxylic acids is 1. The third-order valence-electron chi connectivity index (χ3n) is 2.02. The van der Waals surface area contributed by atoms with E-state index in [0.717, 1.165) is 17.8 Å². The van der Waals surface area contributed by atoms with Gasteiger partial charge in [0.1, 0.15) is 0 Å². The van der Waals surface area contributed by atoms with Crippen LogP contribution in [0.4, 0.5) is 5.69 Å². The molecule has 1 aromatic heterocycles. The molecule has 0 atom stereocenters. The first kappa shape index (κ1) is 13.6. The number of nitro groups is 1. The van der Waals surface area contributed by atoms with E-state index in [0.29, 0.717) is 13.2 Å². The van der Waals surface area contributed by atoms with Crippen LogP contribution in [-0.4, -0.2) is 26.2 Å². The predicted octanol–water partition coefficient (Wildman–Crippen LogP) is 2.96. The highest BCUT2D eigenvalue weighted by atomic mass is 32.2. The monoisotopic (exact) mass is 315 g/mol. The van der Waals surface area contributed by atoms with E-state index in [1.54, 1.807) is 0 Å². The molecule has 2 aromatic rings. The molecule has 0 spiro atoms. The lowest BCUT2D eigenvalue weighted by Crippen LogP contribution is -2.00. The fraction of sp³-hybridized carbons (Fsp3) is 0. The number of H-pyrrole nitrogens is 1. The van der Waals surface area contributed by atoms with E-state index in [2.05, 4.69) is 10.2 Å². The van der Waals surface area contributed by atoms with Crippen LogP contribution in [0.3, 0.4) is 0 Å². The number of carbonyl (C=O) groups is 1. The third-order valence-corrected chi connectivity index (χ3v) is 4.25. The quantitative estimate of drug-likeness (QED) is 0.507. The Balaban J connectivity index is 2.42. The highest BCUT2D eigenvalue weighted by Crippen LogP contribution is 2.33. The van der Waals surface area contributed by atoms with Gasteiger partial charge in [0.2, 0.25) is 0 Å². The largest absolute Gasteiger partial charge is 0.478 e. The topological polar surface area (TPSA) is 109 Å². The first-order valence-corrected chi connectivity index (χ1v) is 6.76. The molecule has 0 saturated heterocycles. The summed E-state index contributed by atoms with van der Waals surface area (Å²) in [4.78, 5) is 21.5. The third kappa shape index (κ3) is 3.16. The molecule has 0 bridgehead atoms. The summed E-state index contributed by atoms with van der Waals surface area (Å²) < 4.78 is 1.02. The van der Waals surface area contributed by atoms with Crippen LogP contribution in [0.1, 0.15) is 10.4 Å². The number of carboxylic acid groups (broad SMARTS) is 1. The molecule has 0 aliphatic rings. The summed E-state index contributed by atoms with van der Waals surface area (Å²) in [6, 6.07) is 3.66. The first-order valence-electron chi connectivity index (χ1n) is 4.72. The van der Waals surface area contributed by atoms with Crippen molar-refractivity contribution in [2.75, 3.05) is 0 Å². The van der Waals surface area contributed by atoms with E-state index < -0.39 is 10.9 Å². The van der Waals surface area contributed by atoms with Crippen LogP contribution < -0.4 is 0 Å². The average Bonchev–Trinajstić information content (AvgIpc) is 2.74. The summed E-state index contributed by atoms with van der Waals surface area (Å²) in [5, 5.41) is 26.2. The minimum absolute atomic E-state index is 0.139. The van der Waals surface area contributed by atoms with Crippen molar-refractivity contribution in [3.63, 3.8) is 0 Å². The number of nitrogens with zero attached hydrogens (tertiary/aromatic N) is 2. The number of aromatic nitrogens is 2. The molecule has 0 fully saturated rings. The van der Waals surface area contributed by atoms with Gasteiger partial charge in [-0.2, -0.15) is 5.10 Å². The van der Waals surface area contributed by atoms with E-state index in [4.69, 9.17) is 17.3 Å². The van der Waals surface area contributed by atoms with E-state index in [9.17, 15) is 14.9 Å². The molecule has 98 valence electrons. The minimum Gasteiger partial charge on any atom is -0.478 e. The Hall–Kier alpha value is -1.78. The zero-order chi connectivity index (χ0) is 14.0. The van der Waals surface area contributed by atoms with Crippen molar-refractivity contribution in [1.82, 2.24) is 10.2 Å². The van der Waals surface area contributed by atoms with Crippen molar-refractivity contribution >= 4 is 47.0 Å². The van der Waals surface area contributed by atoms with Gasteiger partial charge in [-0.25, -0.2) is 4.79 Å². The molecule has 0 aliphatic heterocycles. The van der Waals surface area contributed by atoms with Gasteiger partial charge in [-0.05, 0) is 18.3 Å². The number of non-ortho nitro benzene ring substituents is 1. The summed E-state index contributed by atoms with van der Waals surface area (Å²) in [5.41, 5.74) is -0.406. The highest BCUT2D eigenvalue weighted by molar-refractivity contribution is 8.01. The number of hydrogen-bond donors (Lipinski definition) is 2. The number of rotatable bonds is 4. The molecule has 2 N–H and O–H groups in total. The van der Waals surface area contributed by atoms with Gasteiger partial charge in [-0.15, -0.1) is 0 Å². The molecule has 0 saturated carbocycles. The molecule has 1 heterocycles. The lowest BCUT2D eigenvalue weighted by atomic mass is 10.2. The zero-order valence-corrected chi connectivity index (χ0v) is 11.5. The summed E-state index contributed by atoms with van der Waals surface area (Å²) >= 11 is 7.16. The minimum atomic E-state index is -1.23. The Morgan fingerprint density at radius 2 is 2.32 bits per heavy atom. The highest BCUT2D eigenvalue weighted by Gasteiger charge is 2.17. The summed E-state index contributed by atoms with van der Waals surface area (Å²) in [6.07, 6.45) is 0. The molecule has 10 heteroatoms. The van der Waals surface area contributed by atoms with Crippen molar-refractivity contribution in [2.45, 2.75) is 9.24 Å². The Morgan fingerprint density at radius 3 is 2.84 bits per heavy atom. The number of hydrogen-bond acceptors (Lipinski definition) is 7. The van der Waals surface area contributed by atoms with Crippen molar-refractivity contribution in [1.29, 1.82) is 0 Å². The summed E-state index contributed by atoms with van der Waals surface area (Å²) in [7, 11) is 0. The summed E-state index contributed by atoms with van der Waals surface area (Å²) in [6.45, 7) is 0. The number of aromatic carboxylic acids is 1. The van der Waals surface area contributed by atoms with E-state index in [1.807, 2.05) is 0 Å². The molecular weight excluding hydrogens is 310 g/mol. The predicted molar refractivity (Wildman–Crippen MR) is 71.5 cm³/mol. The fourth-order valence-electron chi connectivity index (χ4n) is 1.24. The van der Waals surface area contributed by atoms with Gasteiger partial charge in [-0.1, -0.05) is 23.1 Å². The van der Waals surface area contributed by atoms with Crippen LogP contribution in [0.5, 0.6) is 0 Å². The van der Waals surface area contributed by atoms with Crippen molar-refractivity contribution < 1.29 is 14.8 Å². The van der Waals surface area contributed by atoms with E-state index in [1.165, 1.54) is 23.5 Å². The number of nitro benzene ring substituents is 1. The van der Waals surface area contributed by atoms with Crippen molar-refractivity contribution in [3.05, 3.63) is 37.8 Å². The van der Waals surface area contributed by atoms with Gasteiger partial charge >= 0.3 is 5.97 Å². The van der Waals surface area contributed by atoms with Crippen LogP contribution in [-0.2, 0) is 0 Å². The maximum atomic E-state index is 11.1. The van der Waals surface area contributed by atoms with Crippen molar-refractivity contribution in [2.24, 2.45) is 0 Å². The summed E-state index contributed by atoms with van der Waals surface area (Å²) in [5.74, 6) is -1.23. The second-order valence-electron chi connectivity index (χ2n) is 3.22. The van der Waals surface area contributed by atoms with Crippen molar-refractivity contribution in [3.8, 4) is 0 Å². The van der Waals surface area contributed by atoms with Gasteiger partial charge < -0.3 is 5.11 Å². The Kier molecular flexibility index (Phi) is 3.93. The molecule has 2 rings (SSSR count). The molecule has 0 aliphatic carbocycles. The Bertz CT molecular complexity index is 709. The van der Waals surface area contributed by atoms with E-state index >= 15 is 0 Å². The second-order valence-corrected chi connectivity index (χ2v) is 6.18. The molecule has 0 amide bonds. The molecule has 19 heavy (non-hydrogen) atoms. The van der Waals surface area contributed by atoms with Crippen LogP contribution >= 0.6 is 35.3 Å². The molecular formula is C9H5N3O4S3. The maximum absolute atomic E-state index is 11.1. The standard InChI is InChI=1S/C9H5N3O4S3/c13-7(14)5-3-4(12(15)16)1-2-6(5)18-9-11-10-8(17)19-9/h1-3H,(H,10,17)(H,13,14). The number of benzene rings is 1.